The number of allylic oxidation sites excluding steroid dienone is 1. The molecule has 1 aromatic rings. The Labute approximate surface area is 179 Å². The highest BCUT2D eigenvalue weighted by atomic mass is 16.5. The van der Waals surface area contributed by atoms with Gasteiger partial charge in [-0.15, -0.1) is 0 Å². The molecule has 6 heteroatoms. The summed E-state index contributed by atoms with van der Waals surface area (Å²) >= 11 is 0. The van der Waals surface area contributed by atoms with E-state index in [0.717, 1.165) is 51.6 Å². The van der Waals surface area contributed by atoms with Gasteiger partial charge in [0.25, 0.3) is 5.91 Å². The fraction of sp³-hybridized carbons (Fsp3) is 0.583. The molecule has 3 rings (SSSR count). The van der Waals surface area contributed by atoms with Crippen LogP contribution in [0.3, 0.4) is 0 Å². The van der Waals surface area contributed by atoms with Crippen LogP contribution in [0.5, 0.6) is 0 Å². The van der Waals surface area contributed by atoms with E-state index in [1.54, 1.807) is 6.20 Å². The van der Waals surface area contributed by atoms with Gasteiger partial charge in [0.15, 0.2) is 0 Å². The first-order valence-corrected chi connectivity index (χ1v) is 11.2. The molecule has 30 heavy (non-hydrogen) atoms. The molecule has 2 aliphatic rings. The molecule has 3 N–H and O–H groups in total. The molecule has 3 atom stereocenters. The number of primary amides is 1. The molecule has 1 aliphatic carbocycles. The Balaban J connectivity index is 1.43. The van der Waals surface area contributed by atoms with Crippen LogP contribution in [0.2, 0.25) is 0 Å². The summed E-state index contributed by atoms with van der Waals surface area (Å²) in [6.45, 7) is 4.85. The number of rotatable bonds is 8. The molecule has 1 saturated heterocycles. The molecule has 0 radical (unpaired) electrons. The maximum atomic E-state index is 12.5. The number of ether oxygens (including phenoxy) is 1. The number of nitrogens with one attached hydrogen (secondary N) is 1. The van der Waals surface area contributed by atoms with Crippen molar-refractivity contribution in [2.75, 3.05) is 19.7 Å². The lowest BCUT2D eigenvalue weighted by Gasteiger charge is -2.37. The average Bonchev–Trinajstić information content (AvgIpc) is 2.77. The van der Waals surface area contributed by atoms with Gasteiger partial charge in [0.2, 0.25) is 5.91 Å². The van der Waals surface area contributed by atoms with Gasteiger partial charge in [0, 0.05) is 25.0 Å². The van der Waals surface area contributed by atoms with Gasteiger partial charge in [-0.2, -0.15) is 0 Å². The summed E-state index contributed by atoms with van der Waals surface area (Å²) in [4.78, 5) is 26.7. The molecule has 1 saturated carbocycles. The van der Waals surface area contributed by atoms with Crippen LogP contribution >= 0.6 is 0 Å². The topological polar surface area (TPSA) is 84.7 Å². The quantitative estimate of drug-likeness (QED) is 0.686. The number of morpholine rings is 1. The van der Waals surface area contributed by atoms with Crippen LogP contribution in [-0.4, -0.2) is 42.5 Å². The minimum Gasteiger partial charge on any atom is -0.369 e. The third-order valence-corrected chi connectivity index (χ3v) is 6.65. The van der Waals surface area contributed by atoms with Crippen molar-refractivity contribution in [2.24, 2.45) is 17.1 Å². The highest BCUT2D eigenvalue weighted by Gasteiger charge is 2.39. The van der Waals surface area contributed by atoms with E-state index < -0.39 is 6.10 Å². The first-order valence-electron chi connectivity index (χ1n) is 11.2. The van der Waals surface area contributed by atoms with E-state index in [9.17, 15) is 9.59 Å². The fourth-order valence-corrected chi connectivity index (χ4v) is 4.75. The third-order valence-electron chi connectivity index (χ3n) is 6.65. The predicted molar refractivity (Wildman–Crippen MR) is 117 cm³/mol. The zero-order valence-electron chi connectivity index (χ0n) is 18.0. The lowest BCUT2D eigenvalue weighted by atomic mass is 9.67. The molecule has 1 unspecified atom stereocenters. The van der Waals surface area contributed by atoms with E-state index >= 15 is 0 Å². The molecular weight excluding hydrogens is 378 g/mol. The summed E-state index contributed by atoms with van der Waals surface area (Å²) in [7, 11) is 0. The Bertz CT molecular complexity index is 736. The van der Waals surface area contributed by atoms with Crippen LogP contribution in [0.1, 0.15) is 51.0 Å². The van der Waals surface area contributed by atoms with Crippen molar-refractivity contribution in [1.29, 1.82) is 0 Å². The summed E-state index contributed by atoms with van der Waals surface area (Å²) in [6, 6.07) is 10.3. The van der Waals surface area contributed by atoms with E-state index in [-0.39, 0.29) is 17.2 Å². The Kier molecular flexibility index (Phi) is 8.05. The van der Waals surface area contributed by atoms with E-state index in [1.807, 2.05) is 24.3 Å². The van der Waals surface area contributed by atoms with Gasteiger partial charge in [0.05, 0.1) is 6.61 Å². The van der Waals surface area contributed by atoms with Crippen molar-refractivity contribution in [1.82, 2.24) is 10.2 Å². The predicted octanol–water partition coefficient (Wildman–Crippen LogP) is 2.98. The average molecular weight is 414 g/mol. The first kappa shape index (κ1) is 22.5. The van der Waals surface area contributed by atoms with Crippen LogP contribution in [0.4, 0.5) is 0 Å². The molecule has 0 aromatic heterocycles. The fourth-order valence-electron chi connectivity index (χ4n) is 4.75. The third kappa shape index (κ3) is 5.92. The molecule has 1 aromatic carbocycles. The van der Waals surface area contributed by atoms with Crippen LogP contribution in [-0.2, 0) is 20.9 Å². The van der Waals surface area contributed by atoms with E-state index in [1.165, 1.54) is 5.56 Å². The minimum atomic E-state index is -0.454. The second-order valence-corrected chi connectivity index (χ2v) is 8.69. The number of hydrogen-bond donors (Lipinski definition) is 2. The summed E-state index contributed by atoms with van der Waals surface area (Å²) in [6.07, 6.45) is 8.81. The summed E-state index contributed by atoms with van der Waals surface area (Å²) in [5, 5.41) is 2.87. The molecular formula is C24H35N3O3. The minimum absolute atomic E-state index is 0.104. The van der Waals surface area contributed by atoms with Crippen molar-refractivity contribution < 1.29 is 14.3 Å². The van der Waals surface area contributed by atoms with Gasteiger partial charge in [-0.3, -0.25) is 14.5 Å². The van der Waals surface area contributed by atoms with Crippen LogP contribution in [0.15, 0.2) is 42.6 Å². The van der Waals surface area contributed by atoms with Gasteiger partial charge in [-0.1, -0.05) is 56.2 Å². The molecule has 0 spiro atoms. The van der Waals surface area contributed by atoms with Crippen molar-refractivity contribution in [3.63, 3.8) is 0 Å². The molecule has 164 valence electrons. The monoisotopic (exact) mass is 413 g/mol. The molecule has 1 aliphatic heterocycles. The summed E-state index contributed by atoms with van der Waals surface area (Å²) in [5.74, 6) is 0.167. The van der Waals surface area contributed by atoms with Gasteiger partial charge in [-0.25, -0.2) is 0 Å². The number of amides is 2. The Morgan fingerprint density at radius 2 is 2.13 bits per heavy atom. The maximum Gasteiger partial charge on any atom is 0.254 e. The lowest BCUT2D eigenvalue weighted by molar-refractivity contribution is -0.137. The van der Waals surface area contributed by atoms with Crippen molar-refractivity contribution in [3.05, 3.63) is 48.2 Å². The SMILES string of the molecule is CC[C@]1(C(N)=O)CCCC(C/C=C\NC(=O)[C@H]2CN(Cc3ccccc3)CCO2)C1. The van der Waals surface area contributed by atoms with E-state index in [0.29, 0.717) is 19.1 Å². The largest absolute Gasteiger partial charge is 0.369 e. The van der Waals surface area contributed by atoms with Crippen LogP contribution in [0, 0.1) is 11.3 Å². The highest BCUT2D eigenvalue weighted by Crippen LogP contribution is 2.43. The first-order chi connectivity index (χ1) is 14.5. The maximum absolute atomic E-state index is 12.5. The van der Waals surface area contributed by atoms with Crippen LogP contribution in [0.25, 0.3) is 0 Å². The number of carbonyl (C=O) groups is 2. The zero-order chi connectivity index (χ0) is 21.4. The number of nitrogens with zero attached hydrogens (tertiary/aromatic N) is 1. The summed E-state index contributed by atoms with van der Waals surface area (Å²) in [5.41, 5.74) is 6.57. The van der Waals surface area contributed by atoms with Gasteiger partial charge in [0.1, 0.15) is 6.10 Å². The van der Waals surface area contributed by atoms with Gasteiger partial charge in [-0.05, 0) is 43.4 Å². The Hall–Kier alpha value is -2.18. The number of nitrogens with two attached hydrogens (primary N) is 1. The van der Waals surface area contributed by atoms with E-state index in [4.69, 9.17) is 10.5 Å². The molecule has 6 nitrogen and oxygen atoms in total. The lowest BCUT2D eigenvalue weighted by Crippen LogP contribution is -2.48. The molecule has 0 bridgehead atoms. The van der Waals surface area contributed by atoms with E-state index in [2.05, 4.69) is 29.3 Å². The number of benzene rings is 1. The second-order valence-electron chi connectivity index (χ2n) is 8.69. The van der Waals surface area contributed by atoms with Crippen molar-refractivity contribution >= 4 is 11.8 Å². The normalized spacial score (nSPS) is 27.8. The van der Waals surface area contributed by atoms with Gasteiger partial charge < -0.3 is 15.8 Å². The standard InChI is InChI=1S/C24H35N3O3/c1-2-24(23(25)29)12-6-10-19(16-24)11-7-13-26-22(28)21-18-27(14-15-30-21)17-20-8-4-3-5-9-20/h3-5,7-9,13,19,21H,2,6,10-12,14-18H2,1H3,(H2,25,29)(H,26,28)/b13-7-/t19?,21-,24+/m1/s1. The molecule has 2 amide bonds. The summed E-state index contributed by atoms with van der Waals surface area (Å²) < 4.78 is 5.68. The molecule has 2 fully saturated rings. The van der Waals surface area contributed by atoms with Crippen molar-refractivity contribution in [3.8, 4) is 0 Å². The number of hydrogen-bond acceptors (Lipinski definition) is 4. The highest BCUT2D eigenvalue weighted by molar-refractivity contribution is 5.82. The Morgan fingerprint density at radius 1 is 1.33 bits per heavy atom. The second kappa shape index (κ2) is 10.7. The smallest absolute Gasteiger partial charge is 0.254 e. The Morgan fingerprint density at radius 3 is 2.87 bits per heavy atom. The van der Waals surface area contributed by atoms with Crippen molar-refractivity contribution in [2.45, 2.75) is 58.1 Å². The van der Waals surface area contributed by atoms with Gasteiger partial charge >= 0.3 is 0 Å². The molecule has 1 heterocycles. The number of carbonyl (C=O) groups excluding carboxylic acids is 2. The zero-order valence-corrected chi connectivity index (χ0v) is 18.0. The van der Waals surface area contributed by atoms with Crippen LogP contribution < -0.4 is 11.1 Å².